The molecule has 0 saturated carbocycles. The molecule has 1 rings (SSSR count). The third-order valence-electron chi connectivity index (χ3n) is 0.361. The third-order valence-corrected chi connectivity index (χ3v) is 1.22. The Hall–Kier alpha value is 0.517. The molecule has 0 fully saturated rings. The van der Waals surface area contributed by atoms with Crippen LogP contribution in [0.5, 0.6) is 0 Å². The van der Waals surface area contributed by atoms with Gasteiger partial charge in [0, 0.05) is 4.47 Å². The van der Waals surface area contributed by atoms with Crippen LogP contribution >= 0.6 is 22.9 Å². The summed E-state index contributed by atoms with van der Waals surface area (Å²) in [6.07, 6.45) is 2.57. The number of nitrogens with zero attached hydrogens (tertiary/aromatic N) is 1. The maximum atomic E-state index is 5.33. The van der Waals surface area contributed by atoms with Gasteiger partial charge in [-0.1, -0.05) is 5.38 Å². The second kappa shape index (κ2) is 3.51. The average molecular weight is 126 g/mol. The molecule has 0 aromatic carbocycles. The van der Waals surface area contributed by atoms with Gasteiger partial charge in [-0.15, -0.1) is 6.20 Å². The van der Waals surface area contributed by atoms with Crippen LogP contribution in [0.15, 0.2) is 5.38 Å². The van der Waals surface area contributed by atoms with E-state index in [1.54, 1.807) is 5.38 Å². The Balaban J connectivity index is 0.000000360. The topological polar surface area (TPSA) is 12.9 Å². The zero-order valence-electron chi connectivity index (χ0n) is 3.81. The number of aromatic nitrogens is 1. The molecule has 1 aromatic heterocycles. The zero-order valence-corrected chi connectivity index (χ0v) is 5.38. The van der Waals surface area contributed by atoms with Crippen molar-refractivity contribution in [2.24, 2.45) is 0 Å². The molecule has 1 nitrogen and oxygen atoms in total. The number of hydrogen-bond acceptors (Lipinski definition) is 2. The van der Waals surface area contributed by atoms with E-state index < -0.39 is 0 Å². The molecular formula is C3HClLiNS. The number of hydrogen-bond donors (Lipinski definition) is 0. The second-order valence-electron chi connectivity index (χ2n) is 0.730. The molecule has 0 unspecified atom stereocenters. The van der Waals surface area contributed by atoms with Gasteiger partial charge in [-0.25, -0.2) is 11.3 Å². The molecule has 1 heterocycles. The summed E-state index contributed by atoms with van der Waals surface area (Å²) in [4.78, 5) is 3.58. The molecule has 0 bridgehead atoms. The van der Waals surface area contributed by atoms with Crippen molar-refractivity contribution in [1.82, 2.24) is 4.98 Å². The average Bonchev–Trinajstić information content (AvgIpc) is 1.86. The van der Waals surface area contributed by atoms with E-state index in [0.717, 1.165) is 0 Å². The normalized spacial score (nSPS) is 7.57. The van der Waals surface area contributed by atoms with Crippen molar-refractivity contribution in [2.45, 2.75) is 0 Å². The first-order valence-corrected chi connectivity index (χ1v) is 2.62. The first kappa shape index (κ1) is 7.52. The first-order chi connectivity index (χ1) is 2.89. The summed E-state index contributed by atoms with van der Waals surface area (Å²) in [5.74, 6) is 0. The Bertz CT molecular complexity index is 118. The van der Waals surface area contributed by atoms with Gasteiger partial charge in [-0.05, 0) is 0 Å². The monoisotopic (exact) mass is 125 g/mol. The van der Waals surface area contributed by atoms with E-state index in [0.29, 0.717) is 4.47 Å². The Morgan fingerprint density at radius 3 is 2.71 bits per heavy atom. The van der Waals surface area contributed by atoms with Crippen LogP contribution in [0.3, 0.4) is 0 Å². The van der Waals surface area contributed by atoms with Gasteiger partial charge >= 0.3 is 18.9 Å². The van der Waals surface area contributed by atoms with Crippen LogP contribution in [0.2, 0.25) is 4.47 Å². The van der Waals surface area contributed by atoms with Gasteiger partial charge in [0.25, 0.3) is 0 Å². The van der Waals surface area contributed by atoms with E-state index in [4.69, 9.17) is 11.6 Å². The van der Waals surface area contributed by atoms with Crippen molar-refractivity contribution >= 4 is 22.9 Å². The van der Waals surface area contributed by atoms with E-state index in [1.165, 1.54) is 11.3 Å². The van der Waals surface area contributed by atoms with Gasteiger partial charge in [0.1, 0.15) is 0 Å². The SMILES string of the molecule is Clc1n[c-]cs1.[Li+]. The first-order valence-electron chi connectivity index (χ1n) is 1.36. The van der Waals surface area contributed by atoms with Gasteiger partial charge in [0.05, 0.1) is 0 Å². The van der Waals surface area contributed by atoms with Crippen LogP contribution < -0.4 is 18.9 Å². The van der Waals surface area contributed by atoms with Crippen LogP contribution in [-0.4, -0.2) is 4.98 Å². The standard InChI is InChI=1S/C3HClNS.Li/c4-3-5-1-2-6-3;/h2H;/q-1;+1. The second-order valence-corrected chi connectivity index (χ2v) is 2.17. The molecule has 0 amide bonds. The molecule has 0 aliphatic heterocycles. The van der Waals surface area contributed by atoms with Gasteiger partial charge in [0.2, 0.25) is 0 Å². The van der Waals surface area contributed by atoms with Crippen LogP contribution in [0.1, 0.15) is 0 Å². The molecule has 0 N–H and O–H groups in total. The summed E-state index contributed by atoms with van der Waals surface area (Å²) >= 11 is 6.71. The molecule has 0 saturated heterocycles. The van der Waals surface area contributed by atoms with E-state index in [9.17, 15) is 0 Å². The quantitative estimate of drug-likeness (QED) is 0.307. The molecule has 0 aliphatic rings. The summed E-state index contributed by atoms with van der Waals surface area (Å²) in [7, 11) is 0. The van der Waals surface area contributed by atoms with E-state index >= 15 is 0 Å². The van der Waals surface area contributed by atoms with Crippen molar-refractivity contribution in [3.05, 3.63) is 16.0 Å². The van der Waals surface area contributed by atoms with Gasteiger partial charge in [-0.3, -0.25) is 0 Å². The van der Waals surface area contributed by atoms with E-state index in [-0.39, 0.29) is 18.9 Å². The predicted octanol–water partition coefficient (Wildman–Crippen LogP) is -1.40. The minimum atomic E-state index is 0. The van der Waals surface area contributed by atoms with Crippen molar-refractivity contribution < 1.29 is 18.9 Å². The molecule has 7 heavy (non-hydrogen) atoms. The molecule has 1 aromatic rings. The Kier molecular flexibility index (Phi) is 3.77. The maximum absolute atomic E-state index is 5.33. The summed E-state index contributed by atoms with van der Waals surface area (Å²) in [5.41, 5.74) is 0. The van der Waals surface area contributed by atoms with Crippen LogP contribution in [0.25, 0.3) is 0 Å². The molecule has 0 radical (unpaired) electrons. The van der Waals surface area contributed by atoms with Crippen LogP contribution in [-0.2, 0) is 0 Å². The Labute approximate surface area is 62.9 Å². The van der Waals surface area contributed by atoms with Crippen molar-refractivity contribution in [1.29, 1.82) is 0 Å². The smallest absolute Gasteiger partial charge is 0.432 e. The summed E-state index contributed by atoms with van der Waals surface area (Å²) in [6, 6.07) is 0. The summed E-state index contributed by atoms with van der Waals surface area (Å²) in [6.45, 7) is 0. The van der Waals surface area contributed by atoms with Crippen molar-refractivity contribution in [3.63, 3.8) is 0 Å². The van der Waals surface area contributed by atoms with Crippen LogP contribution in [0, 0.1) is 6.20 Å². The fourth-order valence-electron chi connectivity index (χ4n) is 0.178. The Morgan fingerprint density at radius 1 is 1.86 bits per heavy atom. The molecule has 0 aliphatic carbocycles. The summed E-state index contributed by atoms with van der Waals surface area (Å²) < 4.78 is 0.551. The van der Waals surface area contributed by atoms with Crippen LogP contribution in [0.4, 0.5) is 0 Å². The molecule has 4 heteroatoms. The predicted molar refractivity (Wildman–Crippen MR) is 26.0 cm³/mol. The minimum absolute atomic E-state index is 0. The molecule has 0 spiro atoms. The number of thiazole rings is 1. The molecule has 0 atom stereocenters. The van der Waals surface area contributed by atoms with Gasteiger partial charge < -0.3 is 4.98 Å². The van der Waals surface area contributed by atoms with Gasteiger partial charge in [-0.2, -0.15) is 11.6 Å². The fraction of sp³-hybridized carbons (Fsp3) is 0. The molecule has 32 valence electrons. The van der Waals surface area contributed by atoms with E-state index in [1.807, 2.05) is 0 Å². The molecular weight excluding hydrogens is 125 g/mol. The third kappa shape index (κ3) is 2.35. The maximum Gasteiger partial charge on any atom is 1.00 e. The number of halogens is 1. The summed E-state index contributed by atoms with van der Waals surface area (Å²) in [5, 5.41) is 1.71. The number of rotatable bonds is 0. The Morgan fingerprint density at radius 2 is 2.57 bits per heavy atom. The van der Waals surface area contributed by atoms with E-state index in [2.05, 4.69) is 11.2 Å². The minimum Gasteiger partial charge on any atom is -0.432 e. The fourth-order valence-corrected chi connectivity index (χ4v) is 0.669. The zero-order chi connectivity index (χ0) is 4.41. The van der Waals surface area contributed by atoms with Gasteiger partial charge in [0.15, 0.2) is 0 Å². The van der Waals surface area contributed by atoms with Crippen molar-refractivity contribution in [3.8, 4) is 0 Å². The largest absolute Gasteiger partial charge is 1.00 e. The van der Waals surface area contributed by atoms with Crippen molar-refractivity contribution in [2.75, 3.05) is 0 Å².